The van der Waals surface area contributed by atoms with Gasteiger partial charge in [0.25, 0.3) is 0 Å². The van der Waals surface area contributed by atoms with Crippen LogP contribution in [0.5, 0.6) is 28.7 Å². The SMILES string of the molecule is Oc1c(O)c(O)c(-c2cccc(Cc3c4ccccc4c(-c4ccc5oc6ccc7ccccc7c6c5c4)c4ccccc34)c2)c(O)c1O. The average molecular weight is 641 g/mol. The lowest BCUT2D eigenvalue weighted by Gasteiger charge is -2.18. The fourth-order valence-electron chi connectivity index (χ4n) is 7.42. The largest absolute Gasteiger partial charge is 0.504 e. The molecule has 0 radical (unpaired) electrons. The number of phenols is 5. The van der Waals surface area contributed by atoms with Crippen molar-refractivity contribution in [2.24, 2.45) is 0 Å². The predicted octanol–water partition coefficient (Wildman–Crippen LogP) is 10.5. The second kappa shape index (κ2) is 10.7. The second-order valence-electron chi connectivity index (χ2n) is 12.4. The van der Waals surface area contributed by atoms with E-state index in [9.17, 15) is 25.5 Å². The zero-order valence-electron chi connectivity index (χ0n) is 26.0. The minimum atomic E-state index is -0.985. The first kappa shape index (κ1) is 28.6. The summed E-state index contributed by atoms with van der Waals surface area (Å²) in [7, 11) is 0. The highest BCUT2D eigenvalue weighted by Crippen LogP contribution is 2.55. The van der Waals surface area contributed by atoms with Crippen LogP contribution in [0.4, 0.5) is 0 Å². The van der Waals surface area contributed by atoms with Crippen LogP contribution in [0.15, 0.2) is 132 Å². The predicted molar refractivity (Wildman–Crippen MR) is 195 cm³/mol. The van der Waals surface area contributed by atoms with Crippen molar-refractivity contribution in [2.45, 2.75) is 6.42 Å². The first-order chi connectivity index (χ1) is 23.9. The lowest BCUT2D eigenvalue weighted by atomic mass is 9.85. The summed E-state index contributed by atoms with van der Waals surface area (Å²) in [4.78, 5) is 0. The van der Waals surface area contributed by atoms with Gasteiger partial charge in [0.2, 0.25) is 17.2 Å². The van der Waals surface area contributed by atoms with E-state index in [4.69, 9.17) is 4.42 Å². The maximum absolute atomic E-state index is 10.6. The standard InChI is InChI=1S/C43H28O6/c44-39-37(40(45)42(47)43(48)41(39)46)25-10-7-8-23(20-25)21-32-28-12-3-5-14-30(28)36(31-15-6-4-13-29(31)32)26-17-18-34-33(22-26)38-27-11-2-1-9-24(27)16-19-35(38)49-34/h1-20,22,44-48H,21H2. The van der Waals surface area contributed by atoms with Crippen molar-refractivity contribution in [1.82, 2.24) is 0 Å². The molecule has 0 spiro atoms. The van der Waals surface area contributed by atoms with Crippen LogP contribution in [0, 0.1) is 0 Å². The van der Waals surface area contributed by atoms with Crippen molar-refractivity contribution in [2.75, 3.05) is 0 Å². The van der Waals surface area contributed by atoms with Gasteiger partial charge in [-0.15, -0.1) is 0 Å². The van der Waals surface area contributed by atoms with Crippen molar-refractivity contribution < 1.29 is 29.9 Å². The summed E-state index contributed by atoms with van der Waals surface area (Å²) in [5.41, 5.74) is 6.10. The highest BCUT2D eigenvalue weighted by Gasteiger charge is 2.25. The molecule has 0 unspecified atom stereocenters. The minimum Gasteiger partial charge on any atom is -0.504 e. The molecule has 0 fully saturated rings. The molecule has 1 aromatic heterocycles. The minimum absolute atomic E-state index is 0.172. The fraction of sp³-hybridized carbons (Fsp3) is 0.0233. The smallest absolute Gasteiger partial charge is 0.208 e. The Labute approximate surface area is 279 Å². The third-order valence-corrected chi connectivity index (χ3v) is 9.66. The number of aromatic hydroxyl groups is 5. The molecule has 8 aromatic carbocycles. The lowest BCUT2D eigenvalue weighted by molar-refractivity contribution is 0.330. The van der Waals surface area contributed by atoms with Crippen LogP contribution in [-0.4, -0.2) is 25.5 Å². The zero-order chi connectivity index (χ0) is 33.4. The van der Waals surface area contributed by atoms with Gasteiger partial charge in [0.05, 0.1) is 5.56 Å². The molecule has 0 atom stereocenters. The van der Waals surface area contributed by atoms with E-state index >= 15 is 0 Å². The second-order valence-corrected chi connectivity index (χ2v) is 12.4. The monoisotopic (exact) mass is 640 g/mol. The molecule has 0 saturated carbocycles. The van der Waals surface area contributed by atoms with Crippen molar-refractivity contribution in [3.63, 3.8) is 0 Å². The van der Waals surface area contributed by atoms with Gasteiger partial charge in [-0.1, -0.05) is 109 Å². The Hall–Kier alpha value is -6.66. The van der Waals surface area contributed by atoms with E-state index in [1.807, 2.05) is 24.3 Å². The summed E-state index contributed by atoms with van der Waals surface area (Å²) in [5, 5.41) is 60.4. The van der Waals surface area contributed by atoms with Gasteiger partial charge in [0.1, 0.15) is 11.2 Å². The van der Waals surface area contributed by atoms with Crippen LogP contribution >= 0.6 is 0 Å². The van der Waals surface area contributed by atoms with Crippen molar-refractivity contribution in [3.05, 3.63) is 139 Å². The summed E-state index contributed by atoms with van der Waals surface area (Å²) in [6, 6.07) is 42.9. The number of hydrogen-bond acceptors (Lipinski definition) is 6. The molecule has 0 aliphatic rings. The van der Waals surface area contributed by atoms with Crippen molar-refractivity contribution in [3.8, 4) is 51.0 Å². The van der Waals surface area contributed by atoms with Crippen LogP contribution < -0.4 is 0 Å². The Morgan fingerprint density at radius 3 is 1.67 bits per heavy atom. The van der Waals surface area contributed by atoms with Crippen LogP contribution in [-0.2, 0) is 6.42 Å². The van der Waals surface area contributed by atoms with E-state index in [1.54, 1.807) is 18.2 Å². The molecule has 236 valence electrons. The Balaban J connectivity index is 1.25. The van der Waals surface area contributed by atoms with E-state index in [0.29, 0.717) is 12.0 Å². The molecule has 9 aromatic rings. The molecule has 9 rings (SSSR count). The number of rotatable bonds is 4. The number of hydrogen-bond donors (Lipinski definition) is 5. The summed E-state index contributed by atoms with van der Waals surface area (Å²) in [6.45, 7) is 0. The van der Waals surface area contributed by atoms with Gasteiger partial charge in [0, 0.05) is 10.8 Å². The molecule has 0 aliphatic carbocycles. The molecule has 6 heteroatoms. The Bertz CT molecular complexity index is 2720. The topological polar surface area (TPSA) is 114 Å². The van der Waals surface area contributed by atoms with Crippen molar-refractivity contribution in [1.29, 1.82) is 0 Å². The van der Waals surface area contributed by atoms with Gasteiger partial charge in [0.15, 0.2) is 11.5 Å². The first-order valence-electron chi connectivity index (χ1n) is 15.9. The van der Waals surface area contributed by atoms with E-state index in [0.717, 1.165) is 76.5 Å². The van der Waals surface area contributed by atoms with Crippen molar-refractivity contribution >= 4 is 54.3 Å². The van der Waals surface area contributed by atoms with Gasteiger partial charge < -0.3 is 29.9 Å². The quantitative estimate of drug-likeness (QED) is 0.0743. The van der Waals surface area contributed by atoms with Crippen LogP contribution in [0.25, 0.3) is 76.5 Å². The van der Waals surface area contributed by atoms with Gasteiger partial charge >= 0.3 is 0 Å². The molecule has 0 amide bonds. The van der Waals surface area contributed by atoms with Crippen LogP contribution in [0.3, 0.4) is 0 Å². The van der Waals surface area contributed by atoms with Crippen LogP contribution in [0.2, 0.25) is 0 Å². The van der Waals surface area contributed by atoms with Crippen LogP contribution in [0.1, 0.15) is 11.1 Å². The van der Waals surface area contributed by atoms with E-state index in [1.165, 1.54) is 0 Å². The normalized spacial score (nSPS) is 11.8. The lowest BCUT2D eigenvalue weighted by Crippen LogP contribution is -1.96. The number of fused-ring (bicyclic) bond motifs is 7. The summed E-state index contributed by atoms with van der Waals surface area (Å²) >= 11 is 0. The average Bonchev–Trinajstić information content (AvgIpc) is 3.52. The maximum Gasteiger partial charge on any atom is 0.208 e. The summed E-state index contributed by atoms with van der Waals surface area (Å²) in [5.74, 6) is -4.24. The fourth-order valence-corrected chi connectivity index (χ4v) is 7.42. The summed E-state index contributed by atoms with van der Waals surface area (Å²) in [6.07, 6.45) is 0.518. The number of phenolic OH excluding ortho intramolecular Hbond substituents is 5. The molecule has 6 nitrogen and oxygen atoms in total. The molecule has 0 bridgehead atoms. The first-order valence-corrected chi connectivity index (χ1v) is 15.9. The zero-order valence-corrected chi connectivity index (χ0v) is 26.0. The summed E-state index contributed by atoms with van der Waals surface area (Å²) < 4.78 is 6.32. The molecule has 5 N–H and O–H groups in total. The molecule has 1 heterocycles. The van der Waals surface area contributed by atoms with Gasteiger partial charge in [-0.25, -0.2) is 0 Å². The Morgan fingerprint density at radius 2 is 0.980 bits per heavy atom. The van der Waals surface area contributed by atoms with E-state index in [-0.39, 0.29) is 5.56 Å². The molecular formula is C43H28O6. The highest BCUT2D eigenvalue weighted by molar-refractivity contribution is 6.21. The van der Waals surface area contributed by atoms with E-state index in [2.05, 4.69) is 84.9 Å². The van der Waals surface area contributed by atoms with Gasteiger partial charge in [-0.05, 0) is 84.8 Å². The molecular weight excluding hydrogens is 612 g/mol. The Kier molecular flexibility index (Phi) is 6.23. The highest BCUT2D eigenvalue weighted by atomic mass is 16.4. The Morgan fingerprint density at radius 1 is 0.408 bits per heavy atom. The molecule has 0 aliphatic heterocycles. The number of furan rings is 1. The van der Waals surface area contributed by atoms with Gasteiger partial charge in [-0.3, -0.25) is 0 Å². The molecule has 49 heavy (non-hydrogen) atoms. The molecule has 0 saturated heterocycles. The third-order valence-electron chi connectivity index (χ3n) is 9.66. The third kappa shape index (κ3) is 4.27. The number of benzene rings is 8. The maximum atomic E-state index is 10.6. The van der Waals surface area contributed by atoms with Gasteiger partial charge in [-0.2, -0.15) is 0 Å². The van der Waals surface area contributed by atoms with E-state index < -0.39 is 28.7 Å².